The van der Waals surface area contributed by atoms with Crippen LogP contribution < -0.4 is 10.6 Å². The van der Waals surface area contributed by atoms with E-state index in [1.807, 2.05) is 23.6 Å². The molecule has 0 radical (unpaired) electrons. The third kappa shape index (κ3) is 3.50. The summed E-state index contributed by atoms with van der Waals surface area (Å²) in [6.07, 6.45) is 4.76. The highest BCUT2D eigenvalue weighted by Gasteiger charge is 2.11. The van der Waals surface area contributed by atoms with E-state index in [2.05, 4.69) is 20.6 Å². The summed E-state index contributed by atoms with van der Waals surface area (Å²) in [5.41, 5.74) is 1.29. The molecule has 0 aromatic carbocycles. The first-order valence-corrected chi connectivity index (χ1v) is 7.59. The molecule has 112 valence electrons. The number of furan rings is 1. The molecule has 3 rings (SSSR count). The maximum atomic E-state index is 11.8. The first-order chi connectivity index (χ1) is 10.8. The summed E-state index contributed by atoms with van der Waals surface area (Å²) in [4.78, 5) is 21.4. The van der Waals surface area contributed by atoms with Crippen molar-refractivity contribution < 1.29 is 9.21 Å². The minimum atomic E-state index is -0.246. The van der Waals surface area contributed by atoms with Crippen LogP contribution in [0.5, 0.6) is 0 Å². The van der Waals surface area contributed by atoms with Crippen LogP contribution in [0.25, 0.3) is 11.5 Å². The van der Waals surface area contributed by atoms with Crippen LogP contribution in [0.2, 0.25) is 0 Å². The lowest BCUT2D eigenvalue weighted by Crippen LogP contribution is -2.34. The highest BCUT2D eigenvalue weighted by Crippen LogP contribution is 2.19. The van der Waals surface area contributed by atoms with Gasteiger partial charge in [0, 0.05) is 17.3 Å². The molecule has 22 heavy (non-hydrogen) atoms. The highest BCUT2D eigenvalue weighted by atomic mass is 32.1. The van der Waals surface area contributed by atoms with Gasteiger partial charge < -0.3 is 15.1 Å². The predicted molar refractivity (Wildman–Crippen MR) is 83.1 cm³/mol. The Morgan fingerprint density at radius 3 is 2.77 bits per heavy atom. The summed E-state index contributed by atoms with van der Waals surface area (Å²) in [7, 11) is 0. The summed E-state index contributed by atoms with van der Waals surface area (Å²) in [6.45, 7) is 0.787. The fourth-order valence-corrected chi connectivity index (χ4v) is 2.57. The number of nitrogens with one attached hydrogen (secondary N) is 2. The second-order valence-electron chi connectivity index (χ2n) is 4.44. The zero-order valence-corrected chi connectivity index (χ0v) is 12.5. The smallest absolute Gasteiger partial charge is 0.315 e. The van der Waals surface area contributed by atoms with Crippen LogP contribution in [0, 0.1) is 0 Å². The number of carbonyl (C=O) groups excluding carboxylic acids is 1. The monoisotopic (exact) mass is 314 g/mol. The Morgan fingerprint density at radius 1 is 1.14 bits per heavy atom. The first kappa shape index (κ1) is 14.3. The first-order valence-electron chi connectivity index (χ1n) is 6.71. The van der Waals surface area contributed by atoms with Crippen molar-refractivity contribution in [1.29, 1.82) is 0 Å². The fourth-order valence-electron chi connectivity index (χ4n) is 1.92. The van der Waals surface area contributed by atoms with Gasteiger partial charge in [0.1, 0.15) is 5.69 Å². The third-order valence-corrected chi connectivity index (χ3v) is 3.82. The van der Waals surface area contributed by atoms with Crippen LogP contribution in [-0.2, 0) is 13.1 Å². The minimum Gasteiger partial charge on any atom is -0.463 e. The van der Waals surface area contributed by atoms with Crippen LogP contribution in [0.4, 0.5) is 4.79 Å². The van der Waals surface area contributed by atoms with Gasteiger partial charge in [-0.2, -0.15) is 0 Å². The summed E-state index contributed by atoms with van der Waals surface area (Å²) in [5, 5.41) is 7.55. The molecule has 0 bridgehead atoms. The van der Waals surface area contributed by atoms with E-state index < -0.39 is 0 Å². The lowest BCUT2D eigenvalue weighted by atomic mass is 10.2. The molecule has 0 aliphatic rings. The topological polar surface area (TPSA) is 80.0 Å². The van der Waals surface area contributed by atoms with Crippen molar-refractivity contribution in [2.45, 2.75) is 13.1 Å². The number of rotatable bonds is 5. The van der Waals surface area contributed by atoms with Crippen molar-refractivity contribution in [2.75, 3.05) is 0 Å². The molecule has 0 unspecified atom stereocenters. The van der Waals surface area contributed by atoms with E-state index >= 15 is 0 Å². The Hall–Kier alpha value is -2.67. The summed E-state index contributed by atoms with van der Waals surface area (Å²) in [5.74, 6) is 0.629. The molecule has 2 amide bonds. The fraction of sp³-hybridized carbons (Fsp3) is 0.133. The summed E-state index contributed by atoms with van der Waals surface area (Å²) in [6, 6.07) is 7.28. The van der Waals surface area contributed by atoms with Crippen LogP contribution in [-0.4, -0.2) is 16.0 Å². The average Bonchev–Trinajstić information content (AvgIpc) is 3.24. The van der Waals surface area contributed by atoms with E-state index in [0.717, 1.165) is 4.88 Å². The largest absolute Gasteiger partial charge is 0.463 e. The van der Waals surface area contributed by atoms with Crippen molar-refractivity contribution in [1.82, 2.24) is 20.6 Å². The van der Waals surface area contributed by atoms with Gasteiger partial charge in [-0.25, -0.2) is 9.78 Å². The second-order valence-corrected chi connectivity index (χ2v) is 5.48. The van der Waals surface area contributed by atoms with Crippen molar-refractivity contribution in [3.05, 3.63) is 58.9 Å². The Balaban J connectivity index is 1.58. The molecule has 3 aromatic heterocycles. The molecule has 0 aliphatic carbocycles. The van der Waals surface area contributed by atoms with Gasteiger partial charge in [0.05, 0.1) is 25.0 Å². The van der Waals surface area contributed by atoms with Crippen LogP contribution >= 0.6 is 11.3 Å². The molecule has 0 spiro atoms. The molecule has 0 saturated heterocycles. The SMILES string of the molecule is O=C(NCc1cccs1)NCc1nccnc1-c1ccco1. The summed E-state index contributed by atoms with van der Waals surface area (Å²) >= 11 is 1.60. The minimum absolute atomic E-state index is 0.246. The zero-order valence-electron chi connectivity index (χ0n) is 11.7. The van der Waals surface area contributed by atoms with Crippen LogP contribution in [0.1, 0.15) is 10.6 Å². The van der Waals surface area contributed by atoms with E-state index in [1.54, 1.807) is 36.1 Å². The van der Waals surface area contributed by atoms with Crippen LogP contribution in [0.3, 0.4) is 0 Å². The Kier molecular flexibility index (Phi) is 4.45. The molecule has 3 aromatic rings. The molecular weight excluding hydrogens is 300 g/mol. The number of carbonyl (C=O) groups is 1. The standard InChI is InChI=1S/C15H14N4O2S/c20-15(18-9-11-3-2-8-22-11)19-10-12-14(17-6-5-16-12)13-4-1-7-21-13/h1-8H,9-10H2,(H2,18,19,20). The van der Waals surface area contributed by atoms with Gasteiger partial charge in [-0.15, -0.1) is 11.3 Å². The van der Waals surface area contributed by atoms with Crippen molar-refractivity contribution >= 4 is 17.4 Å². The van der Waals surface area contributed by atoms with Crippen molar-refractivity contribution in [3.63, 3.8) is 0 Å². The third-order valence-electron chi connectivity index (χ3n) is 2.95. The predicted octanol–water partition coefficient (Wildman–Crippen LogP) is 2.80. The van der Waals surface area contributed by atoms with E-state index in [-0.39, 0.29) is 12.6 Å². The normalized spacial score (nSPS) is 10.4. The molecular formula is C15H14N4O2S. The molecule has 7 heteroatoms. The van der Waals surface area contributed by atoms with Gasteiger partial charge in [0.25, 0.3) is 0 Å². The molecule has 3 heterocycles. The van der Waals surface area contributed by atoms with E-state index in [1.165, 1.54) is 0 Å². The second kappa shape index (κ2) is 6.86. The van der Waals surface area contributed by atoms with Gasteiger partial charge >= 0.3 is 6.03 Å². The number of thiophene rings is 1. The van der Waals surface area contributed by atoms with Crippen LogP contribution in [0.15, 0.2) is 52.7 Å². The maximum Gasteiger partial charge on any atom is 0.315 e. The van der Waals surface area contributed by atoms with Gasteiger partial charge in [-0.3, -0.25) is 4.98 Å². The quantitative estimate of drug-likeness (QED) is 0.759. The molecule has 0 saturated carbocycles. The van der Waals surface area contributed by atoms with Crippen molar-refractivity contribution in [3.8, 4) is 11.5 Å². The van der Waals surface area contributed by atoms with E-state index in [9.17, 15) is 4.79 Å². The number of nitrogens with zero attached hydrogens (tertiary/aromatic N) is 2. The average molecular weight is 314 g/mol. The maximum absolute atomic E-state index is 11.8. The molecule has 6 nitrogen and oxygen atoms in total. The van der Waals surface area contributed by atoms with Gasteiger partial charge in [0.2, 0.25) is 0 Å². The molecule has 0 fully saturated rings. The lowest BCUT2D eigenvalue weighted by molar-refractivity contribution is 0.240. The van der Waals surface area contributed by atoms with Crippen molar-refractivity contribution in [2.24, 2.45) is 0 Å². The van der Waals surface area contributed by atoms with Gasteiger partial charge in [-0.1, -0.05) is 6.07 Å². The Morgan fingerprint density at radius 2 is 2.00 bits per heavy atom. The van der Waals surface area contributed by atoms with Gasteiger partial charge in [-0.05, 0) is 23.6 Å². The molecule has 2 N–H and O–H groups in total. The molecule has 0 aliphatic heterocycles. The lowest BCUT2D eigenvalue weighted by Gasteiger charge is -2.08. The molecule has 0 atom stereocenters. The number of hydrogen-bond donors (Lipinski definition) is 2. The Labute approximate surface area is 131 Å². The number of aromatic nitrogens is 2. The zero-order chi connectivity index (χ0) is 15.2. The summed E-state index contributed by atoms with van der Waals surface area (Å²) < 4.78 is 5.33. The van der Waals surface area contributed by atoms with E-state index in [4.69, 9.17) is 4.42 Å². The van der Waals surface area contributed by atoms with E-state index in [0.29, 0.717) is 23.7 Å². The number of hydrogen-bond acceptors (Lipinski definition) is 5. The Bertz CT molecular complexity index is 726. The highest BCUT2D eigenvalue weighted by molar-refractivity contribution is 7.09. The number of urea groups is 1. The number of amides is 2. The van der Waals surface area contributed by atoms with Gasteiger partial charge in [0.15, 0.2) is 5.76 Å².